The number of benzene rings is 2. The molecule has 26 heavy (non-hydrogen) atoms. The molecule has 138 valence electrons. The van der Waals surface area contributed by atoms with Crippen molar-refractivity contribution in [1.82, 2.24) is 9.21 Å². The molecule has 1 aliphatic heterocycles. The van der Waals surface area contributed by atoms with Crippen LogP contribution in [-0.2, 0) is 10.0 Å². The molecular weight excluding hydrogens is 362 g/mol. The number of aryl methyl sites for hydroxylation is 1. The second kappa shape index (κ2) is 7.13. The van der Waals surface area contributed by atoms with Gasteiger partial charge in [0.15, 0.2) is 0 Å². The van der Waals surface area contributed by atoms with Gasteiger partial charge in [0, 0.05) is 31.7 Å². The van der Waals surface area contributed by atoms with Crippen LogP contribution in [0.5, 0.6) is 0 Å². The Balaban J connectivity index is 1.69. The third-order valence-electron chi connectivity index (χ3n) is 4.40. The van der Waals surface area contributed by atoms with Gasteiger partial charge in [-0.25, -0.2) is 17.2 Å². The molecule has 0 N–H and O–H groups in total. The molecule has 1 heterocycles. The van der Waals surface area contributed by atoms with E-state index in [1.54, 1.807) is 13.0 Å². The number of rotatable bonds is 3. The van der Waals surface area contributed by atoms with Gasteiger partial charge in [0.05, 0.1) is 4.90 Å². The standard InChI is InChI=1S/C18H18F2N2O3S/c1-13-2-3-14(12-17(13)20)18(23)21-8-10-22(11-9-21)26(24,25)16-6-4-15(19)5-7-16/h2-7,12H,8-11H2,1H3. The van der Waals surface area contributed by atoms with E-state index in [1.165, 1.54) is 33.5 Å². The first-order valence-electron chi connectivity index (χ1n) is 8.10. The number of carbonyl (C=O) groups excluding carboxylic acids is 1. The van der Waals surface area contributed by atoms with Crippen molar-refractivity contribution in [3.05, 3.63) is 65.2 Å². The van der Waals surface area contributed by atoms with Crippen LogP contribution in [0.15, 0.2) is 47.4 Å². The Hall–Kier alpha value is -2.32. The molecule has 2 aromatic rings. The van der Waals surface area contributed by atoms with Gasteiger partial charge < -0.3 is 4.90 Å². The molecule has 0 saturated carbocycles. The summed E-state index contributed by atoms with van der Waals surface area (Å²) in [5, 5.41) is 0. The summed E-state index contributed by atoms with van der Waals surface area (Å²) in [6.45, 7) is 2.27. The van der Waals surface area contributed by atoms with Crippen molar-refractivity contribution >= 4 is 15.9 Å². The smallest absolute Gasteiger partial charge is 0.254 e. The van der Waals surface area contributed by atoms with E-state index in [1.807, 2.05) is 0 Å². The van der Waals surface area contributed by atoms with Crippen molar-refractivity contribution in [1.29, 1.82) is 0 Å². The van der Waals surface area contributed by atoms with E-state index in [0.717, 1.165) is 12.1 Å². The second-order valence-electron chi connectivity index (χ2n) is 6.11. The highest BCUT2D eigenvalue weighted by Gasteiger charge is 2.30. The highest BCUT2D eigenvalue weighted by atomic mass is 32.2. The third kappa shape index (κ3) is 3.61. The van der Waals surface area contributed by atoms with Crippen LogP contribution < -0.4 is 0 Å². The summed E-state index contributed by atoms with van der Waals surface area (Å²) < 4.78 is 53.1. The Morgan fingerprint density at radius 3 is 2.15 bits per heavy atom. The van der Waals surface area contributed by atoms with E-state index in [9.17, 15) is 22.0 Å². The number of amides is 1. The number of piperazine rings is 1. The maximum absolute atomic E-state index is 13.7. The lowest BCUT2D eigenvalue weighted by Gasteiger charge is -2.34. The van der Waals surface area contributed by atoms with Gasteiger partial charge in [-0.15, -0.1) is 0 Å². The molecule has 1 amide bonds. The van der Waals surface area contributed by atoms with Crippen LogP contribution in [0, 0.1) is 18.6 Å². The molecule has 1 saturated heterocycles. The topological polar surface area (TPSA) is 57.7 Å². The van der Waals surface area contributed by atoms with Gasteiger partial charge in [-0.3, -0.25) is 4.79 Å². The summed E-state index contributed by atoms with van der Waals surface area (Å²) in [7, 11) is -3.74. The van der Waals surface area contributed by atoms with E-state index < -0.39 is 21.7 Å². The minimum atomic E-state index is -3.74. The number of carbonyl (C=O) groups is 1. The summed E-state index contributed by atoms with van der Waals surface area (Å²) in [5.41, 5.74) is 0.694. The van der Waals surface area contributed by atoms with Gasteiger partial charge in [0.1, 0.15) is 11.6 Å². The molecule has 0 aromatic heterocycles. The van der Waals surface area contributed by atoms with E-state index in [4.69, 9.17) is 0 Å². The van der Waals surface area contributed by atoms with Crippen LogP contribution in [0.4, 0.5) is 8.78 Å². The third-order valence-corrected chi connectivity index (χ3v) is 6.31. The average Bonchev–Trinajstić information content (AvgIpc) is 2.64. The molecule has 0 spiro atoms. The fourth-order valence-corrected chi connectivity index (χ4v) is 4.22. The maximum Gasteiger partial charge on any atom is 0.254 e. The zero-order valence-electron chi connectivity index (χ0n) is 14.2. The molecular formula is C18H18F2N2O3S. The SMILES string of the molecule is Cc1ccc(C(=O)N2CCN(S(=O)(=O)c3ccc(F)cc3)CC2)cc1F. The highest BCUT2D eigenvalue weighted by molar-refractivity contribution is 7.89. The fourth-order valence-electron chi connectivity index (χ4n) is 2.80. The molecule has 3 rings (SSSR count). The van der Waals surface area contributed by atoms with Crippen molar-refractivity contribution in [2.75, 3.05) is 26.2 Å². The predicted octanol–water partition coefficient (Wildman–Crippen LogP) is 2.42. The molecule has 0 radical (unpaired) electrons. The van der Waals surface area contributed by atoms with Gasteiger partial charge in [-0.2, -0.15) is 4.31 Å². The van der Waals surface area contributed by atoms with Crippen LogP contribution in [0.1, 0.15) is 15.9 Å². The minimum absolute atomic E-state index is 0.0132. The molecule has 8 heteroatoms. The predicted molar refractivity (Wildman–Crippen MR) is 92.2 cm³/mol. The molecule has 1 aliphatic rings. The van der Waals surface area contributed by atoms with E-state index in [-0.39, 0.29) is 42.5 Å². The quantitative estimate of drug-likeness (QED) is 0.822. The molecule has 0 unspecified atom stereocenters. The van der Waals surface area contributed by atoms with Crippen LogP contribution in [0.25, 0.3) is 0 Å². The average molecular weight is 380 g/mol. The van der Waals surface area contributed by atoms with Crippen LogP contribution >= 0.6 is 0 Å². The zero-order valence-corrected chi connectivity index (χ0v) is 15.0. The molecule has 2 aromatic carbocycles. The molecule has 0 atom stereocenters. The number of nitrogens with zero attached hydrogens (tertiary/aromatic N) is 2. The van der Waals surface area contributed by atoms with Crippen molar-refractivity contribution in [2.45, 2.75) is 11.8 Å². The van der Waals surface area contributed by atoms with E-state index in [0.29, 0.717) is 5.56 Å². The largest absolute Gasteiger partial charge is 0.336 e. The summed E-state index contributed by atoms with van der Waals surface area (Å²) in [6, 6.07) is 8.92. The van der Waals surface area contributed by atoms with Crippen LogP contribution in [0.2, 0.25) is 0 Å². The molecule has 5 nitrogen and oxygen atoms in total. The summed E-state index contributed by atoms with van der Waals surface area (Å²) in [6.07, 6.45) is 0. The van der Waals surface area contributed by atoms with Crippen molar-refractivity contribution in [3.8, 4) is 0 Å². The number of hydrogen-bond acceptors (Lipinski definition) is 3. The maximum atomic E-state index is 13.7. The minimum Gasteiger partial charge on any atom is -0.336 e. The Bertz CT molecular complexity index is 922. The van der Waals surface area contributed by atoms with Crippen molar-refractivity contribution in [2.24, 2.45) is 0 Å². The lowest BCUT2D eigenvalue weighted by molar-refractivity contribution is 0.0697. The second-order valence-corrected chi connectivity index (χ2v) is 8.05. The Morgan fingerprint density at radius 1 is 0.962 bits per heavy atom. The molecule has 0 aliphatic carbocycles. The highest BCUT2D eigenvalue weighted by Crippen LogP contribution is 2.19. The number of sulfonamides is 1. The summed E-state index contributed by atoms with van der Waals surface area (Å²) in [4.78, 5) is 14.0. The van der Waals surface area contributed by atoms with Gasteiger partial charge in [0.25, 0.3) is 5.91 Å². The Morgan fingerprint density at radius 2 is 1.58 bits per heavy atom. The van der Waals surface area contributed by atoms with Crippen molar-refractivity contribution < 1.29 is 22.0 Å². The Kier molecular flexibility index (Phi) is 5.06. The Labute approximate surface area is 150 Å². The molecule has 0 bridgehead atoms. The first-order valence-corrected chi connectivity index (χ1v) is 9.54. The summed E-state index contributed by atoms with van der Waals surface area (Å²) >= 11 is 0. The van der Waals surface area contributed by atoms with E-state index in [2.05, 4.69) is 0 Å². The fraction of sp³-hybridized carbons (Fsp3) is 0.278. The first-order chi connectivity index (χ1) is 12.3. The number of hydrogen-bond donors (Lipinski definition) is 0. The zero-order chi connectivity index (χ0) is 18.9. The van der Waals surface area contributed by atoms with Gasteiger partial charge in [-0.1, -0.05) is 6.07 Å². The van der Waals surface area contributed by atoms with Crippen molar-refractivity contribution in [3.63, 3.8) is 0 Å². The number of halogens is 2. The normalized spacial score (nSPS) is 15.9. The van der Waals surface area contributed by atoms with Gasteiger partial charge in [-0.05, 0) is 48.9 Å². The van der Waals surface area contributed by atoms with Crippen LogP contribution in [0.3, 0.4) is 0 Å². The van der Waals surface area contributed by atoms with E-state index >= 15 is 0 Å². The summed E-state index contributed by atoms with van der Waals surface area (Å²) in [5.74, 6) is -1.29. The lowest BCUT2D eigenvalue weighted by atomic mass is 10.1. The molecule has 1 fully saturated rings. The first kappa shape index (κ1) is 18.5. The lowest BCUT2D eigenvalue weighted by Crippen LogP contribution is -2.50. The van der Waals surface area contributed by atoms with Gasteiger partial charge in [0.2, 0.25) is 10.0 Å². The monoisotopic (exact) mass is 380 g/mol. The van der Waals surface area contributed by atoms with Crippen LogP contribution in [-0.4, -0.2) is 49.7 Å². The van der Waals surface area contributed by atoms with Gasteiger partial charge >= 0.3 is 0 Å².